The van der Waals surface area contributed by atoms with Gasteiger partial charge < -0.3 is 15.4 Å². The van der Waals surface area contributed by atoms with Crippen molar-refractivity contribution >= 4 is 34.7 Å². The molecule has 186 valence electrons. The number of urea groups is 1. The second-order valence-corrected chi connectivity index (χ2v) is 8.01. The van der Waals surface area contributed by atoms with E-state index in [0.29, 0.717) is 5.75 Å². The van der Waals surface area contributed by atoms with Crippen molar-refractivity contribution in [2.75, 3.05) is 10.6 Å². The molecule has 0 bridgehead atoms. The molecule has 2 aromatic carbocycles. The van der Waals surface area contributed by atoms with Gasteiger partial charge >= 0.3 is 18.2 Å². The van der Waals surface area contributed by atoms with E-state index in [4.69, 9.17) is 16.3 Å². The van der Waals surface area contributed by atoms with Gasteiger partial charge in [-0.3, -0.25) is 0 Å². The minimum atomic E-state index is -4.54. The molecular formula is C24H15ClF3N7O2. The first-order valence-corrected chi connectivity index (χ1v) is 11.0. The predicted molar refractivity (Wildman–Crippen MR) is 130 cm³/mol. The zero-order valence-corrected chi connectivity index (χ0v) is 19.3. The number of anilines is 2. The Balaban J connectivity index is 1.19. The van der Waals surface area contributed by atoms with E-state index in [2.05, 4.69) is 30.7 Å². The summed E-state index contributed by atoms with van der Waals surface area (Å²) in [5, 5.41) is 8.86. The Morgan fingerprint density at radius 2 is 1.73 bits per heavy atom. The van der Waals surface area contributed by atoms with Crippen molar-refractivity contribution in [2.24, 2.45) is 0 Å². The molecule has 0 fully saturated rings. The number of nitrogens with zero attached hydrogens (tertiary/aromatic N) is 5. The Bertz CT molecular complexity index is 1570. The molecule has 3 heterocycles. The topological polar surface area (TPSA) is 106 Å². The number of aromatic nitrogens is 5. The molecule has 5 aromatic rings. The number of hydrogen-bond donors (Lipinski definition) is 2. The first kappa shape index (κ1) is 24.0. The lowest BCUT2D eigenvalue weighted by Gasteiger charge is -2.12. The first-order valence-electron chi connectivity index (χ1n) is 10.6. The van der Waals surface area contributed by atoms with Gasteiger partial charge in [-0.2, -0.15) is 18.3 Å². The second kappa shape index (κ2) is 9.74. The van der Waals surface area contributed by atoms with E-state index in [0.717, 1.165) is 35.0 Å². The van der Waals surface area contributed by atoms with Crippen LogP contribution in [0.15, 0.2) is 79.5 Å². The number of halogens is 4. The molecule has 3 aromatic heterocycles. The first-order chi connectivity index (χ1) is 17.8. The van der Waals surface area contributed by atoms with E-state index in [1.807, 2.05) is 18.3 Å². The number of amides is 2. The molecule has 0 saturated carbocycles. The zero-order chi connectivity index (χ0) is 26.0. The molecule has 9 nitrogen and oxygen atoms in total. The summed E-state index contributed by atoms with van der Waals surface area (Å²) in [5.74, 6) is 0.489. The van der Waals surface area contributed by atoms with E-state index in [1.165, 1.54) is 12.4 Å². The van der Waals surface area contributed by atoms with Crippen molar-refractivity contribution < 1.29 is 22.7 Å². The summed E-state index contributed by atoms with van der Waals surface area (Å²) in [7, 11) is 0. The van der Waals surface area contributed by atoms with Gasteiger partial charge in [0, 0.05) is 18.0 Å². The molecule has 0 unspecified atom stereocenters. The zero-order valence-electron chi connectivity index (χ0n) is 18.6. The molecule has 5 rings (SSSR count). The van der Waals surface area contributed by atoms with E-state index in [1.54, 1.807) is 35.1 Å². The number of benzene rings is 2. The average Bonchev–Trinajstić information content (AvgIpc) is 3.30. The van der Waals surface area contributed by atoms with Crippen LogP contribution in [0.2, 0.25) is 5.02 Å². The van der Waals surface area contributed by atoms with Crippen LogP contribution in [0, 0.1) is 0 Å². The van der Waals surface area contributed by atoms with Crippen molar-refractivity contribution in [1.82, 2.24) is 24.6 Å². The summed E-state index contributed by atoms with van der Waals surface area (Å²) in [4.78, 5) is 24.7. The van der Waals surface area contributed by atoms with Gasteiger partial charge in [-0.25, -0.2) is 24.3 Å². The number of fused-ring (bicyclic) bond motifs is 1. The summed E-state index contributed by atoms with van der Waals surface area (Å²) < 4.78 is 45.6. The fourth-order valence-corrected chi connectivity index (χ4v) is 3.58. The van der Waals surface area contributed by atoms with Crippen molar-refractivity contribution in [3.05, 3.63) is 90.1 Å². The van der Waals surface area contributed by atoms with E-state index < -0.39 is 17.8 Å². The quantitative estimate of drug-likeness (QED) is 0.279. The highest BCUT2D eigenvalue weighted by Gasteiger charge is 2.31. The van der Waals surface area contributed by atoms with Crippen molar-refractivity contribution in [2.45, 2.75) is 6.18 Å². The van der Waals surface area contributed by atoms with Crippen molar-refractivity contribution in [3.8, 4) is 22.9 Å². The fourth-order valence-electron chi connectivity index (χ4n) is 3.35. The van der Waals surface area contributed by atoms with Crippen LogP contribution in [0.5, 0.6) is 11.8 Å². The maximum absolute atomic E-state index is 12.8. The van der Waals surface area contributed by atoms with Crippen LogP contribution in [0.4, 0.5) is 29.3 Å². The summed E-state index contributed by atoms with van der Waals surface area (Å²) in [6, 6.07) is 10.9. The van der Waals surface area contributed by atoms with Gasteiger partial charge in [0.2, 0.25) is 0 Å². The van der Waals surface area contributed by atoms with Gasteiger partial charge in [-0.1, -0.05) is 23.7 Å². The van der Waals surface area contributed by atoms with Gasteiger partial charge in [0.05, 0.1) is 40.6 Å². The lowest BCUT2D eigenvalue weighted by Crippen LogP contribution is -2.20. The highest BCUT2D eigenvalue weighted by Crippen LogP contribution is 2.34. The summed E-state index contributed by atoms with van der Waals surface area (Å²) in [5.41, 5.74) is 1.82. The summed E-state index contributed by atoms with van der Waals surface area (Å²) in [6.45, 7) is 0. The molecule has 0 aliphatic rings. The van der Waals surface area contributed by atoms with Crippen LogP contribution in [0.25, 0.3) is 16.8 Å². The number of alkyl halides is 3. The van der Waals surface area contributed by atoms with Gasteiger partial charge in [-0.15, -0.1) is 0 Å². The molecule has 13 heteroatoms. The lowest BCUT2D eigenvalue weighted by atomic mass is 10.1. The van der Waals surface area contributed by atoms with Crippen LogP contribution in [0.3, 0.4) is 0 Å². The molecule has 0 radical (unpaired) electrons. The third-order valence-electron chi connectivity index (χ3n) is 5.08. The smallest absolute Gasteiger partial charge is 0.416 e. The van der Waals surface area contributed by atoms with Gasteiger partial charge in [0.25, 0.3) is 0 Å². The maximum Gasteiger partial charge on any atom is 0.416 e. The molecule has 2 amide bonds. The Morgan fingerprint density at radius 3 is 2.43 bits per heavy atom. The third kappa shape index (κ3) is 5.43. The Hall–Kier alpha value is -4.71. The number of ether oxygens (including phenoxy) is 1. The van der Waals surface area contributed by atoms with Crippen LogP contribution in [-0.4, -0.2) is 30.6 Å². The molecule has 0 aliphatic carbocycles. The summed E-state index contributed by atoms with van der Waals surface area (Å²) in [6.07, 6.45) is 3.33. The van der Waals surface area contributed by atoms with Gasteiger partial charge in [0.15, 0.2) is 5.65 Å². The monoisotopic (exact) mass is 525 g/mol. The van der Waals surface area contributed by atoms with Crippen molar-refractivity contribution in [1.29, 1.82) is 0 Å². The Labute approximate surface area is 211 Å². The van der Waals surface area contributed by atoms with Gasteiger partial charge in [-0.05, 0) is 42.0 Å². The maximum atomic E-state index is 12.8. The Morgan fingerprint density at radius 1 is 0.973 bits per heavy atom. The Kier molecular flexibility index (Phi) is 6.32. The molecule has 37 heavy (non-hydrogen) atoms. The molecule has 0 aliphatic heterocycles. The van der Waals surface area contributed by atoms with Crippen LogP contribution in [-0.2, 0) is 6.18 Å². The number of carbonyl (C=O) groups is 1. The molecular weight excluding hydrogens is 511 g/mol. The summed E-state index contributed by atoms with van der Waals surface area (Å²) >= 11 is 5.85. The average molecular weight is 526 g/mol. The van der Waals surface area contributed by atoms with Crippen molar-refractivity contribution in [3.63, 3.8) is 0 Å². The van der Waals surface area contributed by atoms with E-state index in [9.17, 15) is 18.0 Å². The molecule has 0 saturated heterocycles. The minimum Gasteiger partial charge on any atom is -0.424 e. The van der Waals surface area contributed by atoms with Crippen LogP contribution >= 0.6 is 11.6 Å². The SMILES string of the molecule is O=C(Nc1cnc(Oc2ccc(-c3cnn4cccnc34)cc2)nc1)Nc1ccc(C(F)(F)F)cc1Cl. The van der Waals surface area contributed by atoms with E-state index in [-0.39, 0.29) is 22.4 Å². The number of nitrogens with one attached hydrogen (secondary N) is 2. The van der Waals surface area contributed by atoms with E-state index >= 15 is 0 Å². The van der Waals surface area contributed by atoms with Crippen LogP contribution in [0.1, 0.15) is 5.56 Å². The normalized spacial score (nSPS) is 11.4. The van der Waals surface area contributed by atoms with Gasteiger partial charge in [0.1, 0.15) is 5.75 Å². The predicted octanol–water partition coefficient (Wildman–Crippen LogP) is 6.29. The number of hydrogen-bond acceptors (Lipinski definition) is 6. The number of rotatable bonds is 5. The lowest BCUT2D eigenvalue weighted by molar-refractivity contribution is -0.137. The van der Waals surface area contributed by atoms with Crippen LogP contribution < -0.4 is 15.4 Å². The molecule has 2 N–H and O–H groups in total. The fraction of sp³-hybridized carbons (Fsp3) is 0.0417. The number of carbonyl (C=O) groups excluding carboxylic acids is 1. The molecule has 0 spiro atoms. The highest BCUT2D eigenvalue weighted by molar-refractivity contribution is 6.33. The third-order valence-corrected chi connectivity index (χ3v) is 5.40. The largest absolute Gasteiger partial charge is 0.424 e. The standard InChI is InChI=1S/C24H15ClF3N7O2/c25-19-10-15(24(26,27)28)4-7-20(19)34-22(36)33-16-11-30-23(31-12-16)37-17-5-2-14(3-6-17)18-13-32-35-9-1-8-29-21(18)35/h1-13H,(H2,33,34,36). The minimum absolute atomic E-state index is 0.0105. The molecule has 0 atom stereocenters. The second-order valence-electron chi connectivity index (χ2n) is 7.60. The highest BCUT2D eigenvalue weighted by atomic mass is 35.5.